The Morgan fingerprint density at radius 2 is 1.88 bits per heavy atom. The van der Waals surface area contributed by atoms with Crippen LogP contribution >= 0.6 is 0 Å². The van der Waals surface area contributed by atoms with Crippen LogP contribution in [-0.4, -0.2) is 82.5 Å². The molecule has 182 valence electrons. The summed E-state index contributed by atoms with van der Waals surface area (Å²) in [6.07, 6.45) is 3.52. The smallest absolute Gasteiger partial charge is 0.193 e. The Balaban J connectivity index is 1.93. The molecule has 2 rings (SSSR count). The van der Waals surface area contributed by atoms with Gasteiger partial charge in [0.25, 0.3) is 0 Å². The summed E-state index contributed by atoms with van der Waals surface area (Å²) in [6, 6.07) is 6.10. The number of nitrogens with one attached hydrogen (secondary N) is 1. The second-order valence-corrected chi connectivity index (χ2v) is 8.30. The molecule has 0 aromatic heterocycles. The average molecular weight is 449 g/mol. The molecule has 0 bridgehead atoms. The predicted molar refractivity (Wildman–Crippen MR) is 132 cm³/mol. The average Bonchev–Trinajstić information content (AvgIpc) is 2.84. The first-order valence-electron chi connectivity index (χ1n) is 12.2. The summed E-state index contributed by atoms with van der Waals surface area (Å²) in [5.74, 6) is 3.24. The minimum atomic E-state index is 0.597. The third-order valence-electron chi connectivity index (χ3n) is 6.11. The van der Waals surface area contributed by atoms with Crippen LogP contribution < -0.4 is 14.8 Å². The lowest BCUT2D eigenvalue weighted by Gasteiger charge is -2.27. The van der Waals surface area contributed by atoms with Gasteiger partial charge < -0.3 is 29.3 Å². The van der Waals surface area contributed by atoms with Gasteiger partial charge in [0.05, 0.1) is 13.7 Å². The quantitative estimate of drug-likeness (QED) is 0.367. The third kappa shape index (κ3) is 8.87. The highest BCUT2D eigenvalue weighted by Gasteiger charge is 2.15. The van der Waals surface area contributed by atoms with Gasteiger partial charge in [0.2, 0.25) is 0 Å². The van der Waals surface area contributed by atoms with Gasteiger partial charge in [0, 0.05) is 39.9 Å². The maximum atomic E-state index is 5.98. The van der Waals surface area contributed by atoms with Crippen molar-refractivity contribution in [2.24, 2.45) is 10.9 Å². The van der Waals surface area contributed by atoms with Gasteiger partial charge in [-0.25, -0.2) is 4.99 Å². The van der Waals surface area contributed by atoms with Crippen molar-refractivity contribution >= 4 is 5.96 Å². The highest BCUT2D eigenvalue weighted by molar-refractivity contribution is 5.79. The first-order chi connectivity index (χ1) is 15.6. The number of ether oxygens (including phenoxy) is 3. The zero-order chi connectivity index (χ0) is 23.2. The van der Waals surface area contributed by atoms with Crippen molar-refractivity contribution in [1.82, 2.24) is 15.1 Å². The normalized spacial score (nSPS) is 15.1. The highest BCUT2D eigenvalue weighted by Crippen LogP contribution is 2.28. The van der Waals surface area contributed by atoms with Crippen LogP contribution in [0.1, 0.15) is 45.6 Å². The summed E-state index contributed by atoms with van der Waals surface area (Å²) in [4.78, 5) is 9.44. The molecule has 1 fully saturated rings. The summed E-state index contributed by atoms with van der Waals surface area (Å²) in [5.41, 5.74) is 1.10. The Labute approximate surface area is 195 Å². The monoisotopic (exact) mass is 448 g/mol. The maximum absolute atomic E-state index is 5.98. The highest BCUT2D eigenvalue weighted by atomic mass is 16.5. The molecule has 0 saturated carbocycles. The molecule has 0 amide bonds. The SMILES string of the molecule is CCNC(=NCc1ccc(OCCN(CC)CC)c(OC)c1)N(C)CCC1CCOCC1. The van der Waals surface area contributed by atoms with Crippen molar-refractivity contribution in [3.05, 3.63) is 23.8 Å². The van der Waals surface area contributed by atoms with Crippen molar-refractivity contribution in [3.8, 4) is 11.5 Å². The van der Waals surface area contributed by atoms with Crippen LogP contribution in [-0.2, 0) is 11.3 Å². The molecular weight excluding hydrogens is 404 g/mol. The lowest BCUT2D eigenvalue weighted by atomic mass is 9.96. The Bertz CT molecular complexity index is 673. The van der Waals surface area contributed by atoms with Crippen molar-refractivity contribution < 1.29 is 14.2 Å². The molecule has 1 N–H and O–H groups in total. The Morgan fingerprint density at radius 3 is 2.53 bits per heavy atom. The number of nitrogens with zero attached hydrogens (tertiary/aromatic N) is 3. The molecule has 0 atom stereocenters. The largest absolute Gasteiger partial charge is 0.493 e. The standard InChI is InChI=1S/C25H44N4O3/c1-6-26-25(28(4)14-11-21-12-16-31-17-13-21)27-20-22-9-10-23(24(19-22)30-5)32-18-15-29(7-2)8-3/h9-10,19,21H,6-8,11-18,20H2,1-5H3,(H,26,27). The van der Waals surface area contributed by atoms with Crippen molar-refractivity contribution in [1.29, 1.82) is 0 Å². The van der Waals surface area contributed by atoms with E-state index in [0.29, 0.717) is 13.2 Å². The number of hydrogen-bond acceptors (Lipinski definition) is 5. The molecule has 1 aliphatic rings. The van der Waals surface area contributed by atoms with Gasteiger partial charge in [-0.05, 0) is 62.9 Å². The van der Waals surface area contributed by atoms with E-state index >= 15 is 0 Å². The van der Waals surface area contributed by atoms with Gasteiger partial charge >= 0.3 is 0 Å². The van der Waals surface area contributed by atoms with Crippen molar-refractivity contribution in [2.75, 3.05) is 66.7 Å². The second-order valence-electron chi connectivity index (χ2n) is 8.30. The number of methoxy groups -OCH3 is 1. The van der Waals surface area contributed by atoms with Gasteiger partial charge in [0.1, 0.15) is 6.61 Å². The summed E-state index contributed by atoms with van der Waals surface area (Å²) >= 11 is 0. The molecule has 1 aliphatic heterocycles. The fraction of sp³-hybridized carbons (Fsp3) is 0.720. The minimum absolute atomic E-state index is 0.597. The molecule has 7 nitrogen and oxygen atoms in total. The third-order valence-corrected chi connectivity index (χ3v) is 6.11. The van der Waals surface area contributed by atoms with Crippen molar-refractivity contribution in [2.45, 2.75) is 46.6 Å². The van der Waals surface area contributed by atoms with Crippen LogP contribution in [0.3, 0.4) is 0 Å². The predicted octanol–water partition coefficient (Wildman–Crippen LogP) is 3.63. The van der Waals surface area contributed by atoms with E-state index in [2.05, 4.69) is 49.0 Å². The fourth-order valence-corrected chi connectivity index (χ4v) is 3.91. The van der Waals surface area contributed by atoms with Crippen LogP contribution in [0.4, 0.5) is 0 Å². The van der Waals surface area contributed by atoms with E-state index in [9.17, 15) is 0 Å². The number of guanidine groups is 1. The first-order valence-corrected chi connectivity index (χ1v) is 12.2. The van der Waals surface area contributed by atoms with Gasteiger partial charge in [-0.2, -0.15) is 0 Å². The fourth-order valence-electron chi connectivity index (χ4n) is 3.91. The van der Waals surface area contributed by atoms with Gasteiger partial charge in [0.15, 0.2) is 17.5 Å². The molecule has 0 spiro atoms. The number of benzene rings is 1. The zero-order valence-corrected chi connectivity index (χ0v) is 20.9. The summed E-state index contributed by atoms with van der Waals surface area (Å²) in [5, 5.41) is 3.42. The van der Waals surface area contributed by atoms with Gasteiger partial charge in [-0.15, -0.1) is 0 Å². The molecule has 0 unspecified atom stereocenters. The lowest BCUT2D eigenvalue weighted by molar-refractivity contribution is 0.0625. The molecule has 1 aromatic carbocycles. The van der Waals surface area contributed by atoms with Crippen LogP contribution in [0.15, 0.2) is 23.2 Å². The van der Waals surface area contributed by atoms with E-state index < -0.39 is 0 Å². The molecule has 0 aliphatic carbocycles. The maximum Gasteiger partial charge on any atom is 0.193 e. The second kappa shape index (κ2) is 15.0. The molecule has 0 radical (unpaired) electrons. The Morgan fingerprint density at radius 1 is 1.12 bits per heavy atom. The molecule has 1 heterocycles. The van der Waals surface area contributed by atoms with E-state index in [1.54, 1.807) is 7.11 Å². The zero-order valence-electron chi connectivity index (χ0n) is 20.9. The van der Waals surface area contributed by atoms with Crippen LogP contribution in [0.5, 0.6) is 11.5 Å². The van der Waals surface area contributed by atoms with Crippen LogP contribution in [0.2, 0.25) is 0 Å². The summed E-state index contributed by atoms with van der Waals surface area (Å²) in [7, 11) is 3.81. The number of likely N-dealkylation sites (N-methyl/N-ethyl adjacent to an activating group) is 1. The van der Waals surface area contributed by atoms with E-state index in [-0.39, 0.29) is 0 Å². The minimum Gasteiger partial charge on any atom is -0.493 e. The molecular formula is C25H44N4O3. The van der Waals surface area contributed by atoms with Gasteiger partial charge in [-0.3, -0.25) is 0 Å². The molecule has 7 heteroatoms. The number of hydrogen-bond donors (Lipinski definition) is 1. The summed E-state index contributed by atoms with van der Waals surface area (Å²) in [6.45, 7) is 14.3. The van der Waals surface area contributed by atoms with E-state index in [1.165, 1.54) is 19.3 Å². The topological polar surface area (TPSA) is 58.6 Å². The van der Waals surface area contributed by atoms with E-state index in [0.717, 1.165) is 74.9 Å². The van der Waals surface area contributed by atoms with Gasteiger partial charge in [-0.1, -0.05) is 19.9 Å². The van der Waals surface area contributed by atoms with Crippen LogP contribution in [0, 0.1) is 5.92 Å². The number of aliphatic imine (C=N–C) groups is 1. The Hall–Kier alpha value is -1.99. The molecule has 1 saturated heterocycles. The summed E-state index contributed by atoms with van der Waals surface area (Å²) < 4.78 is 17.0. The lowest BCUT2D eigenvalue weighted by Crippen LogP contribution is -2.40. The number of rotatable bonds is 13. The van der Waals surface area contributed by atoms with E-state index in [4.69, 9.17) is 19.2 Å². The molecule has 1 aromatic rings. The first kappa shape index (κ1) is 26.3. The van der Waals surface area contributed by atoms with E-state index in [1.807, 2.05) is 12.1 Å². The Kier molecular flexibility index (Phi) is 12.3. The van der Waals surface area contributed by atoms with Crippen LogP contribution in [0.25, 0.3) is 0 Å². The molecule has 32 heavy (non-hydrogen) atoms. The van der Waals surface area contributed by atoms with Crippen molar-refractivity contribution in [3.63, 3.8) is 0 Å².